The monoisotopic (exact) mass is 293 g/mol. The molecule has 1 aromatic rings. The highest BCUT2D eigenvalue weighted by Crippen LogP contribution is 2.34. The normalized spacial score (nSPS) is 19.7. The lowest BCUT2D eigenvalue weighted by molar-refractivity contribution is -0.139. The molecule has 1 amide bonds. The summed E-state index contributed by atoms with van der Waals surface area (Å²) >= 11 is 0. The summed E-state index contributed by atoms with van der Waals surface area (Å²) in [6.45, 7) is 5.88. The van der Waals surface area contributed by atoms with Gasteiger partial charge in [-0.15, -0.1) is 0 Å². The van der Waals surface area contributed by atoms with Crippen molar-refractivity contribution in [2.45, 2.75) is 58.1 Å². The van der Waals surface area contributed by atoms with Crippen LogP contribution in [0.2, 0.25) is 0 Å². The second kappa shape index (κ2) is 6.14. The third kappa shape index (κ3) is 4.03. The Morgan fingerprint density at radius 1 is 1.43 bits per heavy atom. The number of aryl methyl sites for hydroxylation is 1. The molecule has 1 aliphatic rings. The van der Waals surface area contributed by atoms with E-state index in [0.29, 0.717) is 6.54 Å². The topological polar surface area (TPSA) is 40.5 Å². The van der Waals surface area contributed by atoms with Crippen LogP contribution in [0.3, 0.4) is 0 Å². The van der Waals surface area contributed by atoms with Crippen LogP contribution in [0.5, 0.6) is 0 Å². The summed E-state index contributed by atoms with van der Waals surface area (Å²) in [6, 6.07) is 4.75. The number of benzene rings is 1. The number of nitrogens with zero attached hydrogens (tertiary/aromatic N) is 1. The molecule has 1 unspecified atom stereocenters. The minimum absolute atomic E-state index is 0.00537. The first kappa shape index (κ1) is 16.0. The summed E-state index contributed by atoms with van der Waals surface area (Å²) < 4.78 is 13.3. The Morgan fingerprint density at radius 3 is 2.76 bits per heavy atom. The lowest BCUT2D eigenvalue weighted by atomic mass is 9.91. The highest BCUT2D eigenvalue weighted by Gasteiger charge is 2.31. The minimum atomic E-state index is -1.00. The van der Waals surface area contributed by atoms with Gasteiger partial charge in [0.25, 0.3) is 0 Å². The lowest BCUT2D eigenvalue weighted by Crippen LogP contribution is -2.41. The molecule has 1 N–H and O–H groups in total. The van der Waals surface area contributed by atoms with Gasteiger partial charge in [-0.2, -0.15) is 0 Å². The predicted octanol–water partition coefficient (Wildman–Crippen LogP) is 3.35. The van der Waals surface area contributed by atoms with Crippen molar-refractivity contribution in [1.29, 1.82) is 0 Å². The highest BCUT2D eigenvalue weighted by atomic mass is 19.1. The van der Waals surface area contributed by atoms with E-state index in [9.17, 15) is 14.3 Å². The van der Waals surface area contributed by atoms with E-state index >= 15 is 0 Å². The van der Waals surface area contributed by atoms with Gasteiger partial charge in [0.05, 0.1) is 18.1 Å². The first-order valence-electron chi connectivity index (χ1n) is 7.56. The number of carbonyl (C=O) groups is 1. The van der Waals surface area contributed by atoms with Crippen LogP contribution in [-0.2, 0) is 4.79 Å². The smallest absolute Gasteiger partial charge is 0.225 e. The molecule has 0 aliphatic carbocycles. The molecule has 1 aromatic carbocycles. The summed E-state index contributed by atoms with van der Waals surface area (Å²) in [4.78, 5) is 14.3. The number of carbonyl (C=O) groups excluding carboxylic acids is 1. The Hall–Kier alpha value is -1.42. The zero-order valence-electron chi connectivity index (χ0n) is 13.0. The van der Waals surface area contributed by atoms with Crippen LogP contribution < -0.4 is 0 Å². The Labute approximate surface area is 125 Å². The van der Waals surface area contributed by atoms with E-state index in [1.807, 2.05) is 11.8 Å². The molecule has 1 atom stereocenters. The van der Waals surface area contributed by atoms with Crippen molar-refractivity contribution < 1.29 is 14.3 Å². The molecule has 0 saturated carbocycles. The number of hydrogen-bond donors (Lipinski definition) is 1. The van der Waals surface area contributed by atoms with E-state index in [-0.39, 0.29) is 24.2 Å². The molecule has 1 saturated heterocycles. The highest BCUT2D eigenvalue weighted by molar-refractivity contribution is 5.78. The largest absolute Gasteiger partial charge is 0.390 e. The van der Waals surface area contributed by atoms with Crippen LogP contribution in [0, 0.1) is 12.7 Å². The molecule has 21 heavy (non-hydrogen) atoms. The number of likely N-dealkylation sites (tertiary alicyclic amines) is 1. The van der Waals surface area contributed by atoms with Crippen LogP contribution in [0.4, 0.5) is 4.39 Å². The van der Waals surface area contributed by atoms with Crippen molar-refractivity contribution in [3.8, 4) is 0 Å². The van der Waals surface area contributed by atoms with Crippen LogP contribution in [0.25, 0.3) is 0 Å². The van der Waals surface area contributed by atoms with Gasteiger partial charge in [0.1, 0.15) is 5.82 Å². The number of hydrogen-bond acceptors (Lipinski definition) is 2. The molecule has 1 aliphatic heterocycles. The summed E-state index contributed by atoms with van der Waals surface area (Å²) in [7, 11) is 0. The summed E-state index contributed by atoms with van der Waals surface area (Å²) in [5, 5.41) is 9.87. The predicted molar refractivity (Wildman–Crippen MR) is 80.4 cm³/mol. The molecule has 1 fully saturated rings. The average Bonchev–Trinajstić information content (AvgIpc) is 2.37. The Kier molecular flexibility index (Phi) is 4.67. The SMILES string of the molecule is Cc1cc(F)ccc1C1CCCCN1C(=O)CC(C)(C)O. The van der Waals surface area contributed by atoms with Crippen molar-refractivity contribution in [2.75, 3.05) is 6.54 Å². The first-order chi connectivity index (χ1) is 9.78. The Morgan fingerprint density at radius 2 is 2.14 bits per heavy atom. The minimum Gasteiger partial charge on any atom is -0.390 e. The van der Waals surface area contributed by atoms with Crippen LogP contribution in [0.15, 0.2) is 18.2 Å². The number of halogens is 1. The molecule has 0 radical (unpaired) electrons. The fourth-order valence-corrected chi connectivity index (χ4v) is 3.04. The van der Waals surface area contributed by atoms with Gasteiger partial charge >= 0.3 is 0 Å². The van der Waals surface area contributed by atoms with Gasteiger partial charge in [0.2, 0.25) is 5.91 Å². The standard InChI is InChI=1S/C17H24FNO2/c1-12-10-13(18)7-8-14(12)15-6-4-5-9-19(15)16(20)11-17(2,3)21/h7-8,10,15,21H,4-6,9,11H2,1-3H3. The van der Waals surface area contributed by atoms with Gasteiger partial charge in [0, 0.05) is 6.54 Å². The second-order valence-electron chi connectivity index (χ2n) is 6.59. The van der Waals surface area contributed by atoms with Gasteiger partial charge in [-0.1, -0.05) is 6.07 Å². The maximum absolute atomic E-state index is 13.3. The zero-order valence-corrected chi connectivity index (χ0v) is 13.0. The van der Waals surface area contributed by atoms with Crippen molar-refractivity contribution in [3.05, 3.63) is 35.1 Å². The quantitative estimate of drug-likeness (QED) is 0.928. The van der Waals surface area contributed by atoms with E-state index in [1.165, 1.54) is 12.1 Å². The van der Waals surface area contributed by atoms with Gasteiger partial charge < -0.3 is 10.0 Å². The molecule has 1 heterocycles. The molecule has 0 bridgehead atoms. The fraction of sp³-hybridized carbons (Fsp3) is 0.588. The van der Waals surface area contributed by atoms with Crippen molar-refractivity contribution in [3.63, 3.8) is 0 Å². The second-order valence-corrected chi connectivity index (χ2v) is 6.59. The fourth-order valence-electron chi connectivity index (χ4n) is 3.04. The number of rotatable bonds is 3. The van der Waals surface area contributed by atoms with Gasteiger partial charge in [-0.25, -0.2) is 4.39 Å². The Bertz CT molecular complexity index is 522. The van der Waals surface area contributed by atoms with Gasteiger partial charge in [0.15, 0.2) is 0 Å². The third-order valence-corrected chi connectivity index (χ3v) is 4.00. The van der Waals surface area contributed by atoms with E-state index in [2.05, 4.69) is 0 Å². The lowest BCUT2D eigenvalue weighted by Gasteiger charge is -2.38. The van der Waals surface area contributed by atoms with E-state index < -0.39 is 5.60 Å². The summed E-state index contributed by atoms with van der Waals surface area (Å²) in [6.07, 6.45) is 3.05. The number of aliphatic hydroxyl groups is 1. The molecule has 0 aromatic heterocycles. The van der Waals surface area contributed by atoms with Crippen LogP contribution >= 0.6 is 0 Å². The average molecular weight is 293 g/mol. The van der Waals surface area contributed by atoms with Crippen molar-refractivity contribution >= 4 is 5.91 Å². The summed E-state index contributed by atoms with van der Waals surface area (Å²) in [5.74, 6) is -0.280. The molecule has 3 nitrogen and oxygen atoms in total. The van der Waals surface area contributed by atoms with Gasteiger partial charge in [-0.05, 0) is 63.3 Å². The molecule has 116 valence electrons. The summed E-state index contributed by atoms with van der Waals surface area (Å²) in [5.41, 5.74) is 0.889. The third-order valence-electron chi connectivity index (χ3n) is 4.00. The maximum Gasteiger partial charge on any atom is 0.225 e. The van der Waals surface area contributed by atoms with Crippen LogP contribution in [-0.4, -0.2) is 28.1 Å². The van der Waals surface area contributed by atoms with Crippen molar-refractivity contribution in [1.82, 2.24) is 4.90 Å². The van der Waals surface area contributed by atoms with E-state index in [0.717, 1.165) is 30.4 Å². The molecular formula is C17H24FNO2. The number of amides is 1. The Balaban J connectivity index is 2.24. The van der Waals surface area contributed by atoms with Crippen molar-refractivity contribution in [2.24, 2.45) is 0 Å². The first-order valence-corrected chi connectivity index (χ1v) is 7.56. The van der Waals surface area contributed by atoms with E-state index in [4.69, 9.17) is 0 Å². The van der Waals surface area contributed by atoms with Crippen LogP contribution in [0.1, 0.15) is 56.7 Å². The van der Waals surface area contributed by atoms with Gasteiger partial charge in [-0.3, -0.25) is 4.79 Å². The molecule has 2 rings (SSSR count). The van der Waals surface area contributed by atoms with E-state index in [1.54, 1.807) is 19.9 Å². The molecule has 0 spiro atoms. The maximum atomic E-state index is 13.3. The zero-order chi connectivity index (χ0) is 15.6. The molecule has 4 heteroatoms. The molecular weight excluding hydrogens is 269 g/mol. The number of piperidine rings is 1.